The predicted molar refractivity (Wildman–Crippen MR) is 332 cm³/mol. The van der Waals surface area contributed by atoms with Gasteiger partial charge in [-0.25, -0.2) is 0 Å². The third-order valence-electron chi connectivity index (χ3n) is 18.2. The quantitative estimate of drug-likeness (QED) is 0.126. The first-order valence-corrected chi connectivity index (χ1v) is 29.1. The minimum atomic E-state index is -0.0530. The molecule has 3 nitrogen and oxygen atoms in total. The van der Waals surface area contributed by atoms with Crippen LogP contribution in [0, 0.1) is 18.8 Å². The van der Waals surface area contributed by atoms with Crippen LogP contribution in [0.3, 0.4) is 0 Å². The number of nitrogens with zero attached hydrogens (tertiary/aromatic N) is 3. The molecule has 5 unspecified atom stereocenters. The zero-order valence-corrected chi connectivity index (χ0v) is 48.9. The van der Waals surface area contributed by atoms with Gasteiger partial charge in [-0.2, -0.15) is 0 Å². The Kier molecular flexibility index (Phi) is 12.2. The summed E-state index contributed by atoms with van der Waals surface area (Å²) in [4.78, 5) is 8.41. The second-order valence-electron chi connectivity index (χ2n) is 28.0. The normalized spacial score (nSPS) is 22.0. The van der Waals surface area contributed by atoms with Crippen molar-refractivity contribution in [2.75, 3.05) is 14.7 Å². The number of hydrogen-bond acceptors (Lipinski definition) is 3. The van der Waals surface area contributed by atoms with Gasteiger partial charge >= 0.3 is 0 Å². The average molecular weight is 1010 g/mol. The first-order valence-electron chi connectivity index (χ1n) is 29.1. The van der Waals surface area contributed by atoms with Crippen LogP contribution in [0.5, 0.6) is 0 Å². The van der Waals surface area contributed by atoms with E-state index < -0.39 is 0 Å². The number of hydrogen-bond donors (Lipinski definition) is 0. The highest BCUT2D eigenvalue weighted by Gasteiger charge is 2.51. The van der Waals surface area contributed by atoms with E-state index in [9.17, 15) is 0 Å². The molecule has 3 aliphatic carbocycles. The highest BCUT2D eigenvalue weighted by atomic mass is 15.3. The standard InChI is InChI=1S/C73H82BN3/c1-45-21-34-62(57(38-45)48-23-27-50(28-24-48)70(4,5)6)76-64-36-31-52(72(10,11)12)41-59(64)74-60-42-53(73(13,14)15)32-37-65(60)77(63-35-22-46(2)39-58(63)49-25-29-51(30-26-49)71(7,8)9)68-44-54(43-67(76)69(68)74)75-61-19-17-16-18-55(61)56-33-20-47(3)40-66(56)75/h16-21,23-39,41-43,46-47,54,56,66H,22,40,44H2,1-15H3. The van der Waals surface area contributed by atoms with E-state index in [0.717, 1.165) is 19.3 Å². The summed E-state index contributed by atoms with van der Waals surface area (Å²) in [5.41, 5.74) is 26.8. The molecule has 0 spiro atoms. The van der Waals surface area contributed by atoms with Gasteiger partial charge in [0.25, 0.3) is 6.71 Å². The molecule has 3 aliphatic heterocycles. The molecule has 77 heavy (non-hydrogen) atoms. The summed E-state index contributed by atoms with van der Waals surface area (Å²) in [7, 11) is 0. The Labute approximate surface area is 463 Å². The van der Waals surface area contributed by atoms with E-state index in [-0.39, 0.29) is 34.4 Å². The van der Waals surface area contributed by atoms with Gasteiger partial charge < -0.3 is 14.7 Å². The van der Waals surface area contributed by atoms with Crippen molar-refractivity contribution in [3.8, 4) is 11.1 Å². The summed E-state index contributed by atoms with van der Waals surface area (Å²) in [6.07, 6.45) is 15.9. The van der Waals surface area contributed by atoms with Gasteiger partial charge in [-0.05, 0) is 145 Å². The van der Waals surface area contributed by atoms with E-state index in [1.807, 2.05) is 0 Å². The number of para-hydroxylation sites is 1. The summed E-state index contributed by atoms with van der Waals surface area (Å²) in [6.45, 7) is 35.3. The smallest absolute Gasteiger partial charge is 0.251 e. The Morgan fingerprint density at radius 3 is 1.68 bits per heavy atom. The van der Waals surface area contributed by atoms with Crippen molar-refractivity contribution in [1.29, 1.82) is 0 Å². The molecule has 12 rings (SSSR count). The van der Waals surface area contributed by atoms with Crippen molar-refractivity contribution in [3.63, 3.8) is 0 Å². The molecule has 0 bridgehead atoms. The van der Waals surface area contributed by atoms with E-state index in [2.05, 4.69) is 276 Å². The van der Waals surface area contributed by atoms with E-state index in [0.29, 0.717) is 23.8 Å². The zero-order chi connectivity index (χ0) is 54.2. The molecule has 6 aromatic rings. The number of benzene rings is 6. The molecule has 392 valence electrons. The van der Waals surface area contributed by atoms with Gasteiger partial charge in [-0.1, -0.05) is 224 Å². The van der Waals surface area contributed by atoms with Crippen LogP contribution in [0.4, 0.5) is 22.7 Å². The van der Waals surface area contributed by atoms with Crippen molar-refractivity contribution >= 4 is 46.0 Å². The largest absolute Gasteiger partial charge is 0.360 e. The maximum absolute atomic E-state index is 2.89. The molecular weight excluding hydrogens is 930 g/mol. The third-order valence-corrected chi connectivity index (χ3v) is 18.2. The molecule has 3 heterocycles. The maximum Gasteiger partial charge on any atom is 0.251 e. The second-order valence-corrected chi connectivity index (χ2v) is 28.0. The average Bonchev–Trinajstić information content (AvgIpc) is 3.90. The number of aryl methyl sites for hydroxylation is 1. The summed E-state index contributed by atoms with van der Waals surface area (Å²) in [5.74, 6) is 1.27. The Balaban J connectivity index is 1.18. The van der Waals surface area contributed by atoms with Crippen molar-refractivity contribution in [3.05, 3.63) is 219 Å². The van der Waals surface area contributed by atoms with Crippen LogP contribution < -0.4 is 25.6 Å². The van der Waals surface area contributed by atoms with Gasteiger partial charge in [0.15, 0.2) is 0 Å². The molecule has 0 fully saturated rings. The van der Waals surface area contributed by atoms with Crippen LogP contribution in [0.2, 0.25) is 0 Å². The molecule has 0 amide bonds. The fraction of sp³-hybridized carbons (Fsp3) is 0.370. The summed E-state index contributed by atoms with van der Waals surface area (Å²) < 4.78 is 0. The monoisotopic (exact) mass is 1010 g/mol. The molecule has 5 atom stereocenters. The molecule has 6 aromatic carbocycles. The van der Waals surface area contributed by atoms with Gasteiger partial charge in [0.2, 0.25) is 0 Å². The highest BCUT2D eigenvalue weighted by molar-refractivity contribution is 6.94. The lowest BCUT2D eigenvalue weighted by molar-refractivity contribution is 0.440. The van der Waals surface area contributed by atoms with Crippen LogP contribution in [0.25, 0.3) is 16.7 Å². The SMILES string of the molecule is Cc1ccc(N2C3=CC(N4c5ccccc5C5C=CC(C)CC54)CC4=C3B(c3cc(C(C)(C)C)ccc3N4C3=CCC(C)C=C3c3ccc(C(C)(C)C)cc3)c3cc(C(C)(C)C)ccc32)c(-c2ccc(C(C)(C)C)cc2)c1. The highest BCUT2D eigenvalue weighted by Crippen LogP contribution is 2.55. The van der Waals surface area contributed by atoms with Gasteiger partial charge in [-0.15, -0.1) is 0 Å². The van der Waals surface area contributed by atoms with Crippen LogP contribution in [0.1, 0.15) is 161 Å². The summed E-state index contributed by atoms with van der Waals surface area (Å²) in [5, 5.41) is 0. The maximum atomic E-state index is 2.89. The van der Waals surface area contributed by atoms with E-state index in [4.69, 9.17) is 0 Å². The van der Waals surface area contributed by atoms with Crippen LogP contribution in [-0.4, -0.2) is 18.8 Å². The summed E-state index contributed by atoms with van der Waals surface area (Å²) >= 11 is 0. The Morgan fingerprint density at radius 1 is 0.506 bits per heavy atom. The van der Waals surface area contributed by atoms with Gasteiger partial charge in [0.05, 0.1) is 11.7 Å². The van der Waals surface area contributed by atoms with E-state index >= 15 is 0 Å². The number of fused-ring (bicyclic) bond motifs is 7. The molecule has 0 saturated carbocycles. The van der Waals surface area contributed by atoms with Crippen LogP contribution >= 0.6 is 0 Å². The van der Waals surface area contributed by atoms with Gasteiger partial charge in [0, 0.05) is 63.7 Å². The lowest BCUT2D eigenvalue weighted by Gasteiger charge is -2.51. The predicted octanol–water partition coefficient (Wildman–Crippen LogP) is 17.5. The second kappa shape index (κ2) is 18.3. The van der Waals surface area contributed by atoms with Crippen LogP contribution in [-0.2, 0) is 21.7 Å². The van der Waals surface area contributed by atoms with E-state index in [1.165, 1.54) is 112 Å². The first-order chi connectivity index (χ1) is 36.4. The van der Waals surface area contributed by atoms with Gasteiger partial charge in [-0.3, -0.25) is 0 Å². The zero-order valence-electron chi connectivity index (χ0n) is 48.9. The Bertz CT molecular complexity index is 3500. The van der Waals surface area contributed by atoms with Crippen LogP contribution in [0.15, 0.2) is 180 Å². The lowest BCUT2D eigenvalue weighted by atomic mass is 9.31. The lowest BCUT2D eigenvalue weighted by Crippen LogP contribution is -2.59. The fourth-order valence-electron chi connectivity index (χ4n) is 13.8. The van der Waals surface area contributed by atoms with Crippen molar-refractivity contribution < 1.29 is 0 Å². The minimum absolute atomic E-state index is 0.0112. The number of allylic oxidation sites excluding steroid dienone is 5. The topological polar surface area (TPSA) is 9.72 Å². The molecule has 0 aromatic heterocycles. The molecule has 0 saturated heterocycles. The number of anilines is 4. The molecule has 6 aliphatic rings. The minimum Gasteiger partial charge on any atom is -0.360 e. The van der Waals surface area contributed by atoms with E-state index in [1.54, 1.807) is 0 Å². The van der Waals surface area contributed by atoms with Crippen molar-refractivity contribution in [2.45, 2.75) is 163 Å². The molecular formula is C73H82BN3. The first kappa shape index (κ1) is 51.3. The Hall–Kier alpha value is -6.52. The fourth-order valence-corrected chi connectivity index (χ4v) is 13.8. The van der Waals surface area contributed by atoms with Crippen molar-refractivity contribution in [2.24, 2.45) is 11.8 Å². The Morgan fingerprint density at radius 2 is 1.06 bits per heavy atom. The molecule has 0 N–H and O–H groups in total. The number of rotatable bonds is 5. The third kappa shape index (κ3) is 8.81. The molecule has 4 heteroatoms. The van der Waals surface area contributed by atoms with Crippen molar-refractivity contribution in [1.82, 2.24) is 0 Å². The molecule has 0 radical (unpaired) electrons. The van der Waals surface area contributed by atoms with Gasteiger partial charge in [0.1, 0.15) is 0 Å². The summed E-state index contributed by atoms with van der Waals surface area (Å²) in [6, 6.07) is 51.2.